The van der Waals surface area contributed by atoms with Gasteiger partial charge in [0.15, 0.2) is 0 Å². The van der Waals surface area contributed by atoms with Crippen LogP contribution >= 0.6 is 34.8 Å². The number of carbonyl (C=O) groups is 3. The van der Waals surface area contributed by atoms with E-state index in [0.29, 0.717) is 48.1 Å². The maximum absolute atomic E-state index is 12.4. The van der Waals surface area contributed by atoms with E-state index >= 15 is 0 Å². The number of aliphatic hydroxyl groups excluding tert-OH is 2. The summed E-state index contributed by atoms with van der Waals surface area (Å²) in [5.74, 6) is 2.65. The average molecular weight is 1650 g/mol. The molecular formula is C73H101Cl3N20O18. The van der Waals surface area contributed by atoms with Gasteiger partial charge in [-0.2, -0.15) is 25.5 Å². The number of anilines is 3. The molecule has 114 heavy (non-hydrogen) atoms. The number of halogens is 3. The van der Waals surface area contributed by atoms with Gasteiger partial charge in [-0.05, 0) is 121 Å². The highest BCUT2D eigenvalue weighted by molar-refractivity contribution is 6.61. The molecule has 6 aliphatic heterocycles. The summed E-state index contributed by atoms with van der Waals surface area (Å²) in [5.41, 5.74) is -1.93. The third-order valence-corrected chi connectivity index (χ3v) is 18.7. The quantitative estimate of drug-likeness (QED) is 0.0338. The van der Waals surface area contributed by atoms with Crippen molar-refractivity contribution in [2.75, 3.05) is 119 Å². The smallest absolute Gasteiger partial charge is 0.446 e. The van der Waals surface area contributed by atoms with Crippen LogP contribution in [0.15, 0.2) is 133 Å². The molecule has 41 heteroatoms. The molecule has 0 aliphatic carbocycles. The number of piperidine rings is 4. The summed E-state index contributed by atoms with van der Waals surface area (Å²) in [6.07, 6.45) is 4.57. The summed E-state index contributed by atoms with van der Waals surface area (Å²) in [5, 5.41) is 68.0. The first kappa shape index (κ1) is 92.5. The van der Waals surface area contributed by atoms with Gasteiger partial charge in [0.2, 0.25) is 0 Å². The minimum atomic E-state index is -0.978. The molecule has 6 aliphatic rings. The number of hydrogen-bond donors (Lipinski definition) is 5. The number of rotatable bonds is 11. The molecule has 1 amide bonds. The van der Waals surface area contributed by atoms with Crippen LogP contribution in [0.4, 0.5) is 43.2 Å². The third kappa shape index (κ3) is 33.4. The Balaban J connectivity index is 0.000000213. The van der Waals surface area contributed by atoms with Gasteiger partial charge in [-0.3, -0.25) is 54.0 Å². The minimum Gasteiger partial charge on any atom is -0.446 e. The van der Waals surface area contributed by atoms with Crippen LogP contribution in [-0.4, -0.2) is 243 Å². The summed E-state index contributed by atoms with van der Waals surface area (Å²) < 4.78 is 25.7. The molecule has 5 aromatic heterocycles. The van der Waals surface area contributed by atoms with Crippen LogP contribution in [0.1, 0.15) is 79.1 Å². The van der Waals surface area contributed by atoms with Gasteiger partial charge in [0.05, 0.1) is 22.1 Å². The van der Waals surface area contributed by atoms with Gasteiger partial charge >= 0.3 is 17.7 Å². The first-order chi connectivity index (χ1) is 54.3. The van der Waals surface area contributed by atoms with Crippen molar-refractivity contribution in [2.24, 2.45) is 28.2 Å². The number of nitro benzene ring substituents is 2. The number of benzene rings is 2. The van der Waals surface area contributed by atoms with Gasteiger partial charge in [0.1, 0.15) is 51.5 Å². The number of H-pyrrole nitrogens is 1. The van der Waals surface area contributed by atoms with Crippen molar-refractivity contribution < 1.29 is 53.4 Å². The van der Waals surface area contributed by atoms with Gasteiger partial charge in [-0.15, -0.1) is 0 Å². The molecule has 5 N–H and O–H groups in total. The number of non-ortho nitro benzene ring substituents is 2. The molecule has 0 atom stereocenters. The molecule has 622 valence electrons. The van der Waals surface area contributed by atoms with Crippen molar-refractivity contribution in [1.29, 1.82) is 0 Å². The Kier molecular flexibility index (Phi) is 39.0. The lowest BCUT2D eigenvalue weighted by molar-refractivity contribution is -0.385. The van der Waals surface area contributed by atoms with Gasteiger partial charge in [0.25, 0.3) is 39.2 Å². The number of nitro groups is 2. The number of amides is 1. The van der Waals surface area contributed by atoms with Crippen LogP contribution < -0.4 is 62.6 Å². The number of carbonyl (C=O) groups excluding carboxylic acids is 3. The lowest BCUT2D eigenvalue weighted by Gasteiger charge is -2.38. The Morgan fingerprint density at radius 1 is 0.456 bits per heavy atom. The average Bonchev–Trinajstić information content (AvgIpc) is 0.828. The van der Waals surface area contributed by atoms with Crippen molar-refractivity contribution in [3.05, 3.63) is 191 Å². The van der Waals surface area contributed by atoms with Crippen LogP contribution in [0.2, 0.25) is 10.3 Å². The number of hydrogen-bond acceptors (Lipinski definition) is 30. The molecule has 0 radical (unpaired) electrons. The second-order valence-electron chi connectivity index (χ2n) is 27.1. The Hall–Kier alpha value is -10.3. The highest BCUT2D eigenvalue weighted by Gasteiger charge is 2.30. The predicted octanol–water partition coefficient (Wildman–Crippen LogP) is 5.75. The summed E-state index contributed by atoms with van der Waals surface area (Å²) in [6.45, 7) is 23.3. The molecular weight excluding hydrogens is 1550 g/mol. The molecule has 6 fully saturated rings. The molecule has 13 rings (SSSR count). The third-order valence-electron chi connectivity index (χ3n) is 18.3. The Labute approximate surface area is 672 Å². The molecule has 38 nitrogen and oxygen atoms in total. The van der Waals surface area contributed by atoms with E-state index < -0.39 is 21.4 Å². The van der Waals surface area contributed by atoms with Gasteiger partial charge in [0, 0.05) is 224 Å². The highest BCUT2D eigenvalue weighted by Crippen LogP contribution is 2.24. The summed E-state index contributed by atoms with van der Waals surface area (Å²) in [6, 6.07) is 26.7. The minimum absolute atomic E-state index is 0.0266. The summed E-state index contributed by atoms with van der Waals surface area (Å²) >= 11 is 15.7. The predicted molar refractivity (Wildman–Crippen MR) is 428 cm³/mol. The molecule has 0 unspecified atom stereocenters. The van der Waals surface area contributed by atoms with E-state index in [1.165, 1.54) is 123 Å². The lowest BCUT2D eigenvalue weighted by Crippen LogP contribution is -2.51. The lowest BCUT2D eigenvalue weighted by atomic mass is 10.1. The number of piperazine rings is 2. The van der Waals surface area contributed by atoms with Crippen LogP contribution in [0.5, 0.6) is 11.5 Å². The Morgan fingerprint density at radius 2 is 0.825 bits per heavy atom. The number of aliphatic hydroxyl groups is 2. The van der Waals surface area contributed by atoms with Crippen molar-refractivity contribution in [1.82, 2.24) is 74.7 Å². The maximum atomic E-state index is 12.4. The fraction of sp³-hybridized carbons (Fsp3) is 0.521. The van der Waals surface area contributed by atoms with Crippen LogP contribution in [-0.2, 0) is 37.7 Å². The molecule has 7 aromatic rings. The largest absolute Gasteiger partial charge is 0.514 e. The second-order valence-corrected chi connectivity index (χ2v) is 28.2. The van der Waals surface area contributed by atoms with Gasteiger partial charge in [-0.1, -0.05) is 23.2 Å². The standard InChI is InChI=1S/C18H29N5O3.C17H18N4O6.C10H15N3O2.C7H4ClNO4.C7H16N2.C5H5ClN2O.C5H11NO.C4H3ClN2O/c1-14(2)21-10-12-23(13-11-21)18(25)26-15-6-8-22(9-7-15)16-4-5-17(24)20(3)19-16;1-19-16(22)7-6-15(18-19)20-10-8-14(9-11-20)27-17(23)26-13-4-2-12(3-5-13)21(24)25;1-12-10(15)3-2-9(11-12)13-6-4-8(14)5-7-13;8-7(10)13-6-3-1-5(2-4-6)9(11)12;1-7(2)9-5-3-8-4-6-9;1-8-5(9)3-2-4(6)7-8;7-5-1-3-6-4-2-5;5-3-1-2-4(8)7-6-3/h4-5,14-15H,6-13H2,1-3H3;2-7,14H,8-11H2,1H3;2-3,8,14H,4-7H2,1H3;1-4H;7-8H,3-6H2,1-2H3;2-3H,1H3;5-7H,1-4H2;1-2H,(H,7,8). The fourth-order valence-electron chi connectivity index (χ4n) is 11.5. The number of aryl methyl sites for hydroxylation is 4. The second kappa shape index (κ2) is 48.0. The molecule has 6 saturated heterocycles. The van der Waals surface area contributed by atoms with Crippen molar-refractivity contribution in [2.45, 2.75) is 116 Å². The number of ether oxygens (including phenoxy) is 4. The van der Waals surface area contributed by atoms with E-state index in [-0.39, 0.29) is 81.2 Å². The molecule has 0 spiro atoms. The Morgan fingerprint density at radius 3 is 1.17 bits per heavy atom. The van der Waals surface area contributed by atoms with Gasteiger partial charge in [-0.25, -0.2) is 38.2 Å². The first-order valence-corrected chi connectivity index (χ1v) is 38.2. The van der Waals surface area contributed by atoms with E-state index in [9.17, 15) is 63.7 Å². The van der Waals surface area contributed by atoms with E-state index in [1.807, 2.05) is 9.80 Å². The molecule has 0 bridgehead atoms. The number of aromatic amines is 1. The maximum Gasteiger partial charge on any atom is 0.514 e. The summed E-state index contributed by atoms with van der Waals surface area (Å²) in [4.78, 5) is 122. The SMILES string of the molecule is CC(C)N1CCN(C(=O)OC2CCN(c3ccc(=O)n(C)n3)CC2)CC1.CC(C)N1CCNCC1.Cn1nc(Cl)ccc1=O.Cn1nc(N2CCC(O)CC2)ccc1=O.Cn1nc(N2CCC(OC(=O)Oc3ccc([N+](=O)[O-])cc3)CC2)ccc1=O.O=C(Cl)Oc1ccc([N+](=O)[O-])cc1.O=c1ccc(Cl)n[nH]1.OC1CCNCC1. The van der Waals surface area contributed by atoms with Crippen molar-refractivity contribution in [3.8, 4) is 11.5 Å². The number of nitrogens with zero attached hydrogens (tertiary/aromatic N) is 17. The Bertz CT molecular complexity index is 4440. The molecule has 11 heterocycles. The van der Waals surface area contributed by atoms with E-state index in [2.05, 4.69) is 93.3 Å². The van der Waals surface area contributed by atoms with Crippen molar-refractivity contribution in [3.63, 3.8) is 0 Å². The number of nitrogens with one attached hydrogen (secondary N) is 3. The van der Waals surface area contributed by atoms with Crippen molar-refractivity contribution >= 4 is 81.3 Å². The van der Waals surface area contributed by atoms with Crippen LogP contribution in [0.25, 0.3) is 0 Å². The first-order valence-electron chi connectivity index (χ1n) is 37.1. The molecule has 0 saturated carbocycles. The monoisotopic (exact) mass is 1650 g/mol. The van der Waals surface area contributed by atoms with Crippen LogP contribution in [0, 0.1) is 20.2 Å². The number of aromatic nitrogens is 10. The fourth-order valence-corrected chi connectivity index (χ4v) is 11.9. The zero-order chi connectivity index (χ0) is 83.4. The van der Waals surface area contributed by atoms with E-state index in [0.717, 1.165) is 135 Å². The zero-order valence-corrected chi connectivity index (χ0v) is 67.3. The zero-order valence-electron chi connectivity index (χ0n) is 65.0. The highest BCUT2D eigenvalue weighted by atomic mass is 35.5. The van der Waals surface area contributed by atoms with Crippen LogP contribution in [0.3, 0.4) is 0 Å². The van der Waals surface area contributed by atoms with Gasteiger partial charge < -0.3 is 59.4 Å². The van der Waals surface area contributed by atoms with E-state index in [1.54, 1.807) is 46.4 Å². The van der Waals surface area contributed by atoms with E-state index in [4.69, 9.17) is 54.1 Å². The topological polar surface area (TPSA) is 444 Å². The summed E-state index contributed by atoms with van der Waals surface area (Å²) in [7, 11) is 6.44. The molecule has 2 aromatic carbocycles. The normalized spacial score (nSPS) is 16.2.